The predicted molar refractivity (Wildman–Crippen MR) is 21.9 cm³/mol. The third kappa shape index (κ3) is 2.15. The zero-order valence-corrected chi connectivity index (χ0v) is 3.78. The Labute approximate surface area is 37.1 Å². The van der Waals surface area contributed by atoms with Crippen molar-refractivity contribution < 1.29 is 9.13 Å². The average molecular weight is 91.1 g/mol. The van der Waals surface area contributed by atoms with E-state index in [1.165, 1.54) is 7.11 Å². The molecule has 1 unspecified atom stereocenters. The van der Waals surface area contributed by atoms with E-state index >= 15 is 0 Å². The van der Waals surface area contributed by atoms with Crippen molar-refractivity contribution in [3.63, 3.8) is 0 Å². The van der Waals surface area contributed by atoms with Crippen LogP contribution in [0.2, 0.25) is 0 Å². The molecule has 0 saturated carbocycles. The van der Waals surface area contributed by atoms with Gasteiger partial charge in [0.05, 0.1) is 0 Å². The van der Waals surface area contributed by atoms with Crippen LogP contribution < -0.4 is 0 Å². The number of ether oxygens (including phenoxy) is 1. The lowest BCUT2D eigenvalue weighted by molar-refractivity contribution is -0.00207. The second-order valence-corrected chi connectivity index (χ2v) is 0.934. The first-order valence-electron chi connectivity index (χ1n) is 1.77. The van der Waals surface area contributed by atoms with E-state index in [9.17, 15) is 4.39 Å². The third-order valence-corrected chi connectivity index (χ3v) is 0.483. The first-order valence-corrected chi connectivity index (χ1v) is 1.77. The Kier molecular flexibility index (Phi) is 3.04. The summed E-state index contributed by atoms with van der Waals surface area (Å²) in [5.41, 5.74) is 0. The zero-order chi connectivity index (χ0) is 4.99. The van der Waals surface area contributed by atoms with Gasteiger partial charge in [-0.15, -0.1) is 0 Å². The molecule has 0 aromatic rings. The molecular formula is C4H8FO. The van der Waals surface area contributed by atoms with Crippen molar-refractivity contribution >= 4 is 0 Å². The topological polar surface area (TPSA) is 9.23 Å². The summed E-state index contributed by atoms with van der Waals surface area (Å²) in [6.07, 6.45) is -0.985. The minimum absolute atomic E-state index is 0.191. The number of halogens is 1. The van der Waals surface area contributed by atoms with Gasteiger partial charge in [-0.3, -0.25) is 0 Å². The summed E-state index contributed by atoms with van der Waals surface area (Å²) in [7, 11) is 1.32. The van der Waals surface area contributed by atoms with E-state index in [1.54, 1.807) is 0 Å². The average Bonchev–Trinajstić information content (AvgIpc) is 1.65. The molecule has 1 nitrogen and oxygen atoms in total. The van der Waals surface area contributed by atoms with Crippen molar-refractivity contribution in [2.45, 2.75) is 12.8 Å². The molecule has 0 aliphatic carbocycles. The van der Waals surface area contributed by atoms with E-state index in [4.69, 9.17) is 0 Å². The van der Waals surface area contributed by atoms with Crippen LogP contribution in [0.5, 0.6) is 0 Å². The van der Waals surface area contributed by atoms with E-state index in [1.807, 2.05) is 0 Å². The number of alkyl halides is 1. The van der Waals surface area contributed by atoms with Gasteiger partial charge in [-0.05, 0) is 6.92 Å². The van der Waals surface area contributed by atoms with Crippen molar-refractivity contribution in [3.8, 4) is 0 Å². The zero-order valence-electron chi connectivity index (χ0n) is 3.78. The molecule has 2 heteroatoms. The van der Waals surface area contributed by atoms with Gasteiger partial charge in [-0.25, -0.2) is 4.39 Å². The van der Waals surface area contributed by atoms with Crippen LogP contribution in [0.25, 0.3) is 0 Å². The van der Waals surface area contributed by atoms with Crippen molar-refractivity contribution in [3.05, 3.63) is 6.92 Å². The highest BCUT2D eigenvalue weighted by atomic mass is 19.1. The molecule has 0 rings (SSSR count). The second kappa shape index (κ2) is 3.09. The normalized spacial score (nSPS) is 14.5. The maximum absolute atomic E-state index is 11.6. The lowest BCUT2D eigenvalue weighted by Gasteiger charge is -1.96. The number of hydrogen-bond donors (Lipinski definition) is 0. The standard InChI is InChI=1S/C4H8FO/c1-3-4(5)6-2/h4H,1,3H2,2H3. The van der Waals surface area contributed by atoms with E-state index in [2.05, 4.69) is 11.7 Å². The van der Waals surface area contributed by atoms with Crippen molar-refractivity contribution in [1.82, 2.24) is 0 Å². The van der Waals surface area contributed by atoms with Crippen molar-refractivity contribution in [2.75, 3.05) is 7.11 Å². The Morgan fingerprint density at radius 3 is 2.50 bits per heavy atom. The molecule has 0 aromatic carbocycles. The van der Waals surface area contributed by atoms with Crippen LogP contribution in [0, 0.1) is 6.92 Å². The highest BCUT2D eigenvalue weighted by molar-refractivity contribution is 4.39. The van der Waals surface area contributed by atoms with Gasteiger partial charge in [0.15, 0.2) is 6.36 Å². The van der Waals surface area contributed by atoms with Gasteiger partial charge >= 0.3 is 0 Å². The molecule has 37 valence electrons. The SMILES string of the molecule is [CH2]CC(F)OC. The largest absolute Gasteiger partial charge is 0.351 e. The number of rotatable bonds is 2. The lowest BCUT2D eigenvalue weighted by Crippen LogP contribution is -1.98. The summed E-state index contributed by atoms with van der Waals surface area (Å²) in [6, 6.07) is 0. The first-order chi connectivity index (χ1) is 2.81. The molecule has 0 fully saturated rings. The molecule has 1 atom stereocenters. The minimum atomic E-state index is -1.18. The Morgan fingerprint density at radius 1 is 2.00 bits per heavy atom. The lowest BCUT2D eigenvalue weighted by atomic mass is 10.5. The summed E-state index contributed by atoms with van der Waals surface area (Å²) in [4.78, 5) is 0. The smallest absolute Gasteiger partial charge is 0.198 e. The second-order valence-electron chi connectivity index (χ2n) is 0.934. The van der Waals surface area contributed by atoms with E-state index in [0.717, 1.165) is 0 Å². The summed E-state index contributed by atoms with van der Waals surface area (Å²) in [5, 5.41) is 0. The van der Waals surface area contributed by atoms with Gasteiger partial charge in [-0.2, -0.15) is 0 Å². The fraction of sp³-hybridized carbons (Fsp3) is 0.750. The summed E-state index contributed by atoms with van der Waals surface area (Å²) in [6.45, 7) is 3.26. The van der Waals surface area contributed by atoms with Crippen LogP contribution in [-0.4, -0.2) is 13.5 Å². The summed E-state index contributed by atoms with van der Waals surface area (Å²) in [5.74, 6) is 0. The molecule has 0 bridgehead atoms. The molecule has 0 aliphatic rings. The van der Waals surface area contributed by atoms with Gasteiger partial charge in [0.25, 0.3) is 0 Å². The molecule has 0 N–H and O–H groups in total. The van der Waals surface area contributed by atoms with Gasteiger partial charge in [-0.1, -0.05) is 0 Å². The van der Waals surface area contributed by atoms with Crippen molar-refractivity contribution in [1.29, 1.82) is 0 Å². The van der Waals surface area contributed by atoms with Crippen molar-refractivity contribution in [2.24, 2.45) is 0 Å². The maximum Gasteiger partial charge on any atom is 0.198 e. The van der Waals surface area contributed by atoms with Gasteiger partial charge in [0.2, 0.25) is 0 Å². The third-order valence-electron chi connectivity index (χ3n) is 0.483. The molecule has 0 amide bonds. The fourth-order valence-corrected chi connectivity index (χ4v) is 0.118. The molecule has 0 heterocycles. The van der Waals surface area contributed by atoms with Crippen LogP contribution in [0.4, 0.5) is 4.39 Å². The molecule has 1 radical (unpaired) electrons. The van der Waals surface area contributed by atoms with Crippen LogP contribution in [-0.2, 0) is 4.74 Å². The van der Waals surface area contributed by atoms with Gasteiger partial charge < -0.3 is 4.74 Å². The van der Waals surface area contributed by atoms with E-state index < -0.39 is 6.36 Å². The Balaban J connectivity index is 2.75. The molecule has 0 aliphatic heterocycles. The number of hydrogen-bond acceptors (Lipinski definition) is 1. The number of methoxy groups -OCH3 is 1. The Bertz CT molecular complexity index is 26.7. The van der Waals surface area contributed by atoms with Crippen LogP contribution in [0.1, 0.15) is 6.42 Å². The predicted octanol–water partition coefficient (Wildman–Crippen LogP) is 1.15. The Hall–Kier alpha value is -0.110. The highest BCUT2D eigenvalue weighted by Crippen LogP contribution is 1.93. The molecule has 0 aromatic heterocycles. The first kappa shape index (κ1) is 5.89. The highest BCUT2D eigenvalue weighted by Gasteiger charge is 1.94. The quantitative estimate of drug-likeness (QED) is 0.495. The maximum atomic E-state index is 11.6. The van der Waals surface area contributed by atoms with E-state index in [-0.39, 0.29) is 6.42 Å². The molecule has 0 spiro atoms. The monoisotopic (exact) mass is 91.1 g/mol. The molecular weight excluding hydrogens is 83.0 g/mol. The van der Waals surface area contributed by atoms with Crippen LogP contribution in [0.3, 0.4) is 0 Å². The Morgan fingerprint density at radius 2 is 2.50 bits per heavy atom. The fourth-order valence-electron chi connectivity index (χ4n) is 0.118. The van der Waals surface area contributed by atoms with Gasteiger partial charge in [0.1, 0.15) is 0 Å². The minimum Gasteiger partial charge on any atom is -0.351 e. The molecule has 0 saturated heterocycles. The van der Waals surface area contributed by atoms with E-state index in [0.29, 0.717) is 0 Å². The van der Waals surface area contributed by atoms with Crippen LogP contribution in [0.15, 0.2) is 0 Å². The van der Waals surface area contributed by atoms with Crippen LogP contribution >= 0.6 is 0 Å². The van der Waals surface area contributed by atoms with Gasteiger partial charge in [0, 0.05) is 13.5 Å². The summed E-state index contributed by atoms with van der Waals surface area (Å²) >= 11 is 0. The summed E-state index contributed by atoms with van der Waals surface area (Å²) < 4.78 is 15.7. The molecule has 6 heavy (non-hydrogen) atoms.